The first-order chi connectivity index (χ1) is 8.77. The molecule has 0 unspecified atom stereocenters. The molecule has 4 nitrogen and oxygen atoms in total. The molecule has 2 aliphatic rings. The third kappa shape index (κ3) is 3.45. The topological polar surface area (TPSA) is 31.2 Å². The minimum absolute atomic E-state index is 0.763. The molecule has 18 heavy (non-hydrogen) atoms. The van der Waals surface area contributed by atoms with Crippen LogP contribution >= 0.6 is 0 Å². The zero-order valence-corrected chi connectivity index (χ0v) is 11.3. The van der Waals surface area contributed by atoms with E-state index in [1.54, 1.807) is 0 Å². The van der Waals surface area contributed by atoms with Gasteiger partial charge in [0.05, 0.1) is 24.5 Å². The maximum atomic E-state index is 4.41. The van der Waals surface area contributed by atoms with Crippen LogP contribution in [0.4, 0.5) is 0 Å². The maximum absolute atomic E-state index is 4.41. The first kappa shape index (κ1) is 12.9. The first-order valence-corrected chi connectivity index (χ1v) is 6.59. The van der Waals surface area contributed by atoms with Gasteiger partial charge in [0.1, 0.15) is 0 Å². The Morgan fingerprint density at radius 2 is 1.39 bits per heavy atom. The summed E-state index contributed by atoms with van der Waals surface area (Å²) in [6.07, 6.45) is 10.6. The van der Waals surface area contributed by atoms with E-state index in [0.29, 0.717) is 0 Å². The van der Waals surface area contributed by atoms with Gasteiger partial charge < -0.3 is 9.80 Å². The number of hydrogen-bond acceptors (Lipinski definition) is 4. The Morgan fingerprint density at radius 1 is 0.944 bits per heavy atom. The molecular formula is C14H22N4. The molecule has 4 heteroatoms. The Bertz CT molecular complexity index is 355. The molecule has 0 bridgehead atoms. The standard InChI is InChI=1S/C14H22N4/c1-17-9-3-5-13(17)11-15-7-8-16-12-14-6-4-10-18(14)2/h5-6,11-12H,3-4,7-10H2,1-2H3/b15-11+,16-12+. The molecule has 2 rings (SSSR count). The van der Waals surface area contributed by atoms with Crippen molar-refractivity contribution in [3.05, 3.63) is 23.5 Å². The fourth-order valence-electron chi connectivity index (χ4n) is 2.12. The van der Waals surface area contributed by atoms with Crippen LogP contribution in [0, 0.1) is 0 Å². The molecule has 0 aromatic heterocycles. The van der Waals surface area contributed by atoms with Crippen molar-refractivity contribution in [1.29, 1.82) is 0 Å². The van der Waals surface area contributed by atoms with Crippen LogP contribution in [0.1, 0.15) is 12.8 Å². The molecule has 0 N–H and O–H groups in total. The summed E-state index contributed by atoms with van der Waals surface area (Å²) in [6, 6.07) is 0. The molecule has 0 aromatic carbocycles. The molecule has 0 amide bonds. The molecule has 2 heterocycles. The summed E-state index contributed by atoms with van der Waals surface area (Å²) in [7, 11) is 4.21. The average Bonchev–Trinajstić information content (AvgIpc) is 2.94. The van der Waals surface area contributed by atoms with E-state index >= 15 is 0 Å². The van der Waals surface area contributed by atoms with Crippen LogP contribution in [-0.2, 0) is 0 Å². The summed E-state index contributed by atoms with van der Waals surface area (Å²) in [4.78, 5) is 13.3. The zero-order chi connectivity index (χ0) is 12.8. The Labute approximate surface area is 109 Å². The van der Waals surface area contributed by atoms with E-state index in [0.717, 1.165) is 39.0 Å². The molecule has 0 saturated heterocycles. The summed E-state index contributed by atoms with van der Waals surface area (Å²) < 4.78 is 0. The lowest BCUT2D eigenvalue weighted by molar-refractivity contribution is 0.480. The summed E-state index contributed by atoms with van der Waals surface area (Å²) in [5, 5.41) is 0. The van der Waals surface area contributed by atoms with Crippen molar-refractivity contribution in [3.8, 4) is 0 Å². The average molecular weight is 246 g/mol. The summed E-state index contributed by atoms with van der Waals surface area (Å²) in [5.41, 5.74) is 2.47. The summed E-state index contributed by atoms with van der Waals surface area (Å²) in [6.45, 7) is 3.75. The van der Waals surface area contributed by atoms with Gasteiger partial charge in [0.2, 0.25) is 0 Å². The zero-order valence-electron chi connectivity index (χ0n) is 11.3. The van der Waals surface area contributed by atoms with E-state index < -0.39 is 0 Å². The molecule has 98 valence electrons. The lowest BCUT2D eigenvalue weighted by Crippen LogP contribution is -2.14. The van der Waals surface area contributed by atoms with Crippen molar-refractivity contribution in [2.45, 2.75) is 12.8 Å². The Balaban J connectivity index is 1.67. The minimum Gasteiger partial charge on any atom is -0.373 e. The van der Waals surface area contributed by atoms with Crippen LogP contribution in [0.25, 0.3) is 0 Å². The third-order valence-corrected chi connectivity index (χ3v) is 3.32. The number of aliphatic imine (C=N–C) groups is 2. The molecule has 0 saturated carbocycles. The van der Waals surface area contributed by atoms with E-state index in [9.17, 15) is 0 Å². The predicted octanol–water partition coefficient (Wildman–Crippen LogP) is 1.57. The number of nitrogens with zero attached hydrogens (tertiary/aromatic N) is 4. The molecular weight excluding hydrogens is 224 g/mol. The Morgan fingerprint density at radius 3 is 1.72 bits per heavy atom. The van der Waals surface area contributed by atoms with Crippen LogP contribution in [0.2, 0.25) is 0 Å². The van der Waals surface area contributed by atoms with Gasteiger partial charge in [-0.3, -0.25) is 9.98 Å². The van der Waals surface area contributed by atoms with Gasteiger partial charge in [0.15, 0.2) is 0 Å². The second-order valence-electron chi connectivity index (χ2n) is 4.75. The smallest absolute Gasteiger partial charge is 0.0586 e. The molecule has 0 radical (unpaired) electrons. The minimum atomic E-state index is 0.763. The highest BCUT2D eigenvalue weighted by Crippen LogP contribution is 2.10. The monoisotopic (exact) mass is 246 g/mol. The van der Waals surface area contributed by atoms with Crippen molar-refractivity contribution < 1.29 is 0 Å². The van der Waals surface area contributed by atoms with Crippen LogP contribution in [0.3, 0.4) is 0 Å². The van der Waals surface area contributed by atoms with Gasteiger partial charge in [-0.15, -0.1) is 0 Å². The maximum Gasteiger partial charge on any atom is 0.0586 e. The van der Waals surface area contributed by atoms with Gasteiger partial charge in [-0.1, -0.05) is 12.2 Å². The van der Waals surface area contributed by atoms with Crippen LogP contribution in [0.15, 0.2) is 33.5 Å². The Kier molecular flexibility index (Phi) is 4.56. The molecule has 0 atom stereocenters. The quantitative estimate of drug-likeness (QED) is 0.544. The van der Waals surface area contributed by atoms with Gasteiger partial charge in [-0.05, 0) is 12.8 Å². The van der Waals surface area contributed by atoms with Crippen molar-refractivity contribution in [3.63, 3.8) is 0 Å². The van der Waals surface area contributed by atoms with E-state index in [4.69, 9.17) is 0 Å². The van der Waals surface area contributed by atoms with Crippen LogP contribution in [-0.4, -0.2) is 62.5 Å². The lowest BCUT2D eigenvalue weighted by Gasteiger charge is -2.11. The second-order valence-corrected chi connectivity index (χ2v) is 4.75. The second kappa shape index (κ2) is 6.38. The normalized spacial score (nSPS) is 20.3. The summed E-state index contributed by atoms with van der Waals surface area (Å²) >= 11 is 0. The van der Waals surface area contributed by atoms with Crippen molar-refractivity contribution in [2.75, 3.05) is 40.3 Å². The predicted molar refractivity (Wildman–Crippen MR) is 77.4 cm³/mol. The fraction of sp³-hybridized carbons (Fsp3) is 0.571. The van der Waals surface area contributed by atoms with Crippen LogP contribution in [0.5, 0.6) is 0 Å². The largest absolute Gasteiger partial charge is 0.373 e. The van der Waals surface area contributed by atoms with Crippen LogP contribution < -0.4 is 0 Å². The molecule has 0 spiro atoms. The highest BCUT2D eigenvalue weighted by molar-refractivity contribution is 5.79. The lowest BCUT2D eigenvalue weighted by atomic mass is 10.4. The molecule has 0 aromatic rings. The van der Waals surface area contributed by atoms with Crippen molar-refractivity contribution >= 4 is 12.4 Å². The van der Waals surface area contributed by atoms with Gasteiger partial charge >= 0.3 is 0 Å². The third-order valence-electron chi connectivity index (χ3n) is 3.32. The van der Waals surface area contributed by atoms with Gasteiger partial charge in [-0.2, -0.15) is 0 Å². The van der Waals surface area contributed by atoms with Gasteiger partial charge in [0.25, 0.3) is 0 Å². The fourth-order valence-corrected chi connectivity index (χ4v) is 2.12. The number of rotatable bonds is 5. The number of allylic oxidation sites excluding steroid dienone is 2. The van der Waals surface area contributed by atoms with Gasteiger partial charge in [0, 0.05) is 39.6 Å². The highest BCUT2D eigenvalue weighted by Gasteiger charge is 2.07. The van der Waals surface area contributed by atoms with Crippen molar-refractivity contribution in [1.82, 2.24) is 9.80 Å². The number of hydrogen-bond donors (Lipinski definition) is 0. The van der Waals surface area contributed by atoms with E-state index in [1.165, 1.54) is 11.4 Å². The van der Waals surface area contributed by atoms with Crippen molar-refractivity contribution in [2.24, 2.45) is 9.98 Å². The van der Waals surface area contributed by atoms with E-state index in [-0.39, 0.29) is 0 Å². The highest BCUT2D eigenvalue weighted by atomic mass is 15.1. The van der Waals surface area contributed by atoms with E-state index in [2.05, 4.69) is 46.0 Å². The summed E-state index contributed by atoms with van der Waals surface area (Å²) in [5.74, 6) is 0. The molecule has 0 aliphatic carbocycles. The van der Waals surface area contributed by atoms with E-state index in [1.807, 2.05) is 12.4 Å². The first-order valence-electron chi connectivity index (χ1n) is 6.59. The Hall–Kier alpha value is -1.58. The van der Waals surface area contributed by atoms with Gasteiger partial charge in [-0.25, -0.2) is 0 Å². The molecule has 0 fully saturated rings. The molecule has 2 aliphatic heterocycles. The SMILES string of the molecule is CN1CCC=C1/C=N/CC/N=C/C1=CCCN1C.